The van der Waals surface area contributed by atoms with Crippen LogP contribution in [-0.2, 0) is 19.6 Å². The number of nitrogens with one attached hydrogen (secondary N) is 2. The molecule has 31 heavy (non-hydrogen) atoms. The number of thiazole rings is 1. The summed E-state index contributed by atoms with van der Waals surface area (Å²) in [5, 5.41) is 7.84. The lowest BCUT2D eigenvalue weighted by Crippen LogP contribution is -2.36. The number of hydrogen-bond donors (Lipinski definition) is 2. The largest absolute Gasteiger partial charge is 0.352 e. The van der Waals surface area contributed by atoms with Crippen molar-refractivity contribution >= 4 is 52.3 Å². The molecule has 0 aliphatic rings. The van der Waals surface area contributed by atoms with Crippen LogP contribution >= 0.6 is 35.3 Å². The zero-order valence-electron chi connectivity index (χ0n) is 17.9. The molecule has 0 unspecified atom stereocenters. The number of aryl methyl sites for hydroxylation is 2. The van der Waals surface area contributed by atoms with Gasteiger partial charge in [0, 0.05) is 25.0 Å². The first-order valence-corrected chi connectivity index (χ1v) is 10.8. The number of imidazole rings is 1. The summed E-state index contributed by atoms with van der Waals surface area (Å²) < 4.78 is 2.18. The molecule has 0 radical (unpaired) electrons. The first-order chi connectivity index (χ1) is 14.6. The molecular formula is C23H27IN6S. The van der Waals surface area contributed by atoms with E-state index in [1.807, 2.05) is 38.4 Å². The summed E-state index contributed by atoms with van der Waals surface area (Å²) in [6.07, 6.45) is 1.90. The fraction of sp³-hybridized carbons (Fsp3) is 0.261. The first-order valence-electron chi connectivity index (χ1n) is 9.97. The summed E-state index contributed by atoms with van der Waals surface area (Å²) >= 11 is 1.72. The van der Waals surface area contributed by atoms with Crippen molar-refractivity contribution in [1.29, 1.82) is 0 Å². The lowest BCUT2D eigenvalue weighted by atomic mass is 10.1. The molecule has 4 rings (SSSR count). The molecule has 2 aromatic carbocycles. The number of fused-ring (bicyclic) bond motifs is 1. The molecule has 0 saturated carbocycles. The van der Waals surface area contributed by atoms with Crippen molar-refractivity contribution < 1.29 is 0 Å². The molecule has 2 heterocycles. The topological polar surface area (TPSA) is 67.1 Å². The summed E-state index contributed by atoms with van der Waals surface area (Å²) in [5.74, 6) is 0.786. The average Bonchev–Trinajstić information content (AvgIpc) is 3.31. The Morgan fingerprint density at radius 3 is 2.42 bits per heavy atom. The Morgan fingerprint density at radius 2 is 1.71 bits per heavy atom. The zero-order valence-corrected chi connectivity index (χ0v) is 21.1. The van der Waals surface area contributed by atoms with E-state index in [0.29, 0.717) is 6.54 Å². The summed E-state index contributed by atoms with van der Waals surface area (Å²) in [4.78, 5) is 14.5. The van der Waals surface area contributed by atoms with Crippen LogP contribution < -0.4 is 10.6 Å². The van der Waals surface area contributed by atoms with Crippen LogP contribution in [0, 0.1) is 13.8 Å². The molecule has 0 amide bonds. The predicted octanol–water partition coefficient (Wildman–Crippen LogP) is 4.64. The van der Waals surface area contributed by atoms with Crippen molar-refractivity contribution in [2.24, 2.45) is 4.99 Å². The molecule has 0 aliphatic carbocycles. The standard InChI is InChI=1S/C23H26N6S.HI/c1-16-22(30-17(2)28-16)13-26-23(24-3)25-12-18-8-10-19(11-9-18)14-29-15-27-20-6-4-5-7-21(20)29;/h4-11,15H,12-14H2,1-3H3,(H2,24,25,26);1H. The SMILES string of the molecule is CN=C(NCc1ccc(Cn2cnc3ccccc32)cc1)NCc1sc(C)nc1C.I. The van der Waals surface area contributed by atoms with Crippen molar-refractivity contribution in [1.82, 2.24) is 25.2 Å². The number of para-hydroxylation sites is 2. The third-order valence-electron chi connectivity index (χ3n) is 5.00. The number of nitrogens with zero attached hydrogens (tertiary/aromatic N) is 4. The van der Waals surface area contributed by atoms with E-state index in [-0.39, 0.29) is 24.0 Å². The van der Waals surface area contributed by atoms with Gasteiger partial charge in [0.25, 0.3) is 0 Å². The third kappa shape index (κ3) is 5.82. The predicted molar refractivity (Wildman–Crippen MR) is 139 cm³/mol. The molecule has 0 spiro atoms. The lowest BCUT2D eigenvalue weighted by molar-refractivity contribution is 0.806. The monoisotopic (exact) mass is 546 g/mol. The minimum Gasteiger partial charge on any atom is -0.352 e. The highest BCUT2D eigenvalue weighted by Gasteiger charge is 2.06. The normalized spacial score (nSPS) is 11.4. The van der Waals surface area contributed by atoms with Crippen LogP contribution in [0.15, 0.2) is 59.9 Å². The lowest BCUT2D eigenvalue weighted by Gasteiger charge is -2.12. The minimum atomic E-state index is 0. The van der Waals surface area contributed by atoms with Crippen LogP contribution in [-0.4, -0.2) is 27.5 Å². The first kappa shape index (κ1) is 23.2. The Morgan fingerprint density at radius 1 is 1.00 bits per heavy atom. The van der Waals surface area contributed by atoms with E-state index in [2.05, 4.69) is 60.5 Å². The third-order valence-corrected chi connectivity index (χ3v) is 6.08. The Balaban J connectivity index is 0.00000272. The highest BCUT2D eigenvalue weighted by Crippen LogP contribution is 2.17. The maximum absolute atomic E-state index is 4.47. The Kier molecular flexibility index (Phi) is 8.03. The number of aliphatic imine (C=N–C) groups is 1. The van der Waals surface area contributed by atoms with Gasteiger partial charge in [-0.1, -0.05) is 36.4 Å². The summed E-state index contributed by atoms with van der Waals surface area (Å²) in [6, 6.07) is 16.9. The highest BCUT2D eigenvalue weighted by molar-refractivity contribution is 14.0. The molecule has 0 aliphatic heterocycles. The van der Waals surface area contributed by atoms with Gasteiger partial charge in [0.05, 0.1) is 34.6 Å². The van der Waals surface area contributed by atoms with Crippen LogP contribution in [0.2, 0.25) is 0 Å². The molecule has 162 valence electrons. The molecular weight excluding hydrogens is 519 g/mol. The Hall–Kier alpha value is -2.46. The van der Waals surface area contributed by atoms with Crippen LogP contribution in [0.5, 0.6) is 0 Å². The molecule has 0 bridgehead atoms. The van der Waals surface area contributed by atoms with Gasteiger partial charge in [0.15, 0.2) is 5.96 Å². The highest BCUT2D eigenvalue weighted by atomic mass is 127. The van der Waals surface area contributed by atoms with Gasteiger partial charge in [-0.25, -0.2) is 9.97 Å². The van der Waals surface area contributed by atoms with Gasteiger partial charge in [-0.15, -0.1) is 35.3 Å². The van der Waals surface area contributed by atoms with Gasteiger partial charge in [0.1, 0.15) is 0 Å². The number of hydrogen-bond acceptors (Lipinski definition) is 4. The molecule has 0 atom stereocenters. The molecule has 6 nitrogen and oxygen atoms in total. The second-order valence-corrected chi connectivity index (χ2v) is 8.49. The summed E-state index contributed by atoms with van der Waals surface area (Å²) in [7, 11) is 1.79. The minimum absolute atomic E-state index is 0. The Bertz CT molecular complexity index is 1160. The maximum atomic E-state index is 4.47. The van der Waals surface area contributed by atoms with E-state index in [4.69, 9.17) is 0 Å². The van der Waals surface area contributed by atoms with Crippen LogP contribution in [0.25, 0.3) is 11.0 Å². The smallest absolute Gasteiger partial charge is 0.191 e. The summed E-state index contributed by atoms with van der Waals surface area (Å²) in [6.45, 7) is 6.34. The Labute approximate surface area is 203 Å². The van der Waals surface area contributed by atoms with E-state index >= 15 is 0 Å². The molecule has 2 N–H and O–H groups in total. The van der Waals surface area contributed by atoms with E-state index in [0.717, 1.165) is 40.8 Å². The zero-order chi connectivity index (χ0) is 20.9. The van der Waals surface area contributed by atoms with Gasteiger partial charge in [-0.2, -0.15) is 0 Å². The molecule has 0 fully saturated rings. The van der Waals surface area contributed by atoms with E-state index in [1.165, 1.54) is 16.0 Å². The van der Waals surface area contributed by atoms with Crippen molar-refractivity contribution in [2.75, 3.05) is 7.05 Å². The van der Waals surface area contributed by atoms with Gasteiger partial charge in [-0.05, 0) is 37.1 Å². The number of benzene rings is 2. The van der Waals surface area contributed by atoms with Crippen molar-refractivity contribution in [3.05, 3.63) is 81.6 Å². The van der Waals surface area contributed by atoms with Crippen LogP contribution in [0.1, 0.15) is 26.7 Å². The van der Waals surface area contributed by atoms with E-state index in [9.17, 15) is 0 Å². The van der Waals surface area contributed by atoms with Crippen molar-refractivity contribution in [2.45, 2.75) is 33.5 Å². The molecule has 8 heteroatoms. The van der Waals surface area contributed by atoms with Crippen LogP contribution in [0.4, 0.5) is 0 Å². The fourth-order valence-electron chi connectivity index (χ4n) is 3.40. The molecule has 0 saturated heterocycles. The number of aromatic nitrogens is 3. The van der Waals surface area contributed by atoms with E-state index < -0.39 is 0 Å². The van der Waals surface area contributed by atoms with Gasteiger partial charge in [0.2, 0.25) is 0 Å². The second-order valence-electron chi connectivity index (χ2n) is 7.20. The van der Waals surface area contributed by atoms with Crippen molar-refractivity contribution in [3.8, 4) is 0 Å². The van der Waals surface area contributed by atoms with E-state index in [1.54, 1.807) is 18.4 Å². The van der Waals surface area contributed by atoms with Gasteiger partial charge < -0.3 is 15.2 Å². The second kappa shape index (κ2) is 10.7. The summed E-state index contributed by atoms with van der Waals surface area (Å²) in [5.41, 5.74) is 5.73. The average molecular weight is 546 g/mol. The van der Waals surface area contributed by atoms with Crippen LogP contribution in [0.3, 0.4) is 0 Å². The van der Waals surface area contributed by atoms with Gasteiger partial charge >= 0.3 is 0 Å². The number of rotatable bonds is 6. The number of halogens is 1. The van der Waals surface area contributed by atoms with Gasteiger partial charge in [-0.3, -0.25) is 4.99 Å². The maximum Gasteiger partial charge on any atom is 0.191 e. The molecule has 4 aromatic rings. The molecule has 2 aromatic heterocycles. The quantitative estimate of drug-likeness (QED) is 0.210. The van der Waals surface area contributed by atoms with Crippen molar-refractivity contribution in [3.63, 3.8) is 0 Å². The number of guanidine groups is 1. The fourth-order valence-corrected chi connectivity index (χ4v) is 4.28.